The summed E-state index contributed by atoms with van der Waals surface area (Å²) in [5, 5.41) is 3.28. The molecule has 1 fully saturated rings. The minimum Gasteiger partial charge on any atom is -0.493 e. The second kappa shape index (κ2) is 11.1. The van der Waals surface area contributed by atoms with Gasteiger partial charge in [0.2, 0.25) is 17.6 Å². The number of rotatable bonds is 9. The van der Waals surface area contributed by atoms with Gasteiger partial charge in [0.1, 0.15) is 0 Å². The third-order valence-corrected chi connectivity index (χ3v) is 6.00. The number of esters is 1. The molecule has 10 heteroatoms. The number of halogens is 1. The molecule has 2 aromatic rings. The predicted molar refractivity (Wildman–Crippen MR) is 126 cm³/mol. The van der Waals surface area contributed by atoms with E-state index in [4.69, 9.17) is 30.5 Å². The van der Waals surface area contributed by atoms with E-state index in [0.29, 0.717) is 33.5 Å². The molecule has 0 bridgehead atoms. The Bertz CT molecular complexity index is 1050. The summed E-state index contributed by atoms with van der Waals surface area (Å²) in [6.07, 6.45) is -0.0841. The van der Waals surface area contributed by atoms with Crippen molar-refractivity contribution in [3.8, 4) is 17.2 Å². The lowest BCUT2D eigenvalue weighted by Gasteiger charge is -2.22. The van der Waals surface area contributed by atoms with Crippen LogP contribution in [0.2, 0.25) is 5.02 Å². The van der Waals surface area contributed by atoms with Gasteiger partial charge in [-0.2, -0.15) is 0 Å². The van der Waals surface area contributed by atoms with Crippen molar-refractivity contribution in [3.05, 3.63) is 47.0 Å². The molecule has 1 aliphatic rings. The van der Waals surface area contributed by atoms with E-state index in [9.17, 15) is 14.4 Å². The van der Waals surface area contributed by atoms with Crippen LogP contribution in [0.3, 0.4) is 0 Å². The molecule has 2 unspecified atom stereocenters. The number of benzene rings is 2. The molecule has 3 rings (SSSR count). The van der Waals surface area contributed by atoms with Crippen LogP contribution in [0.5, 0.6) is 17.2 Å². The molecule has 34 heavy (non-hydrogen) atoms. The van der Waals surface area contributed by atoms with Crippen LogP contribution in [-0.2, 0) is 19.1 Å². The van der Waals surface area contributed by atoms with E-state index in [-0.39, 0.29) is 31.2 Å². The third-order valence-electron chi connectivity index (χ3n) is 5.65. The highest BCUT2D eigenvalue weighted by atomic mass is 35.5. The van der Waals surface area contributed by atoms with Crippen molar-refractivity contribution >= 4 is 35.1 Å². The highest BCUT2D eigenvalue weighted by Gasteiger charge is 2.37. The molecular formula is C24H27ClN2O7. The Morgan fingerprint density at radius 3 is 2.29 bits per heavy atom. The van der Waals surface area contributed by atoms with Gasteiger partial charge in [0.05, 0.1) is 52.5 Å². The molecule has 2 aromatic carbocycles. The normalized spacial score (nSPS) is 16.1. The van der Waals surface area contributed by atoms with Gasteiger partial charge in [-0.15, -0.1) is 0 Å². The van der Waals surface area contributed by atoms with Crippen LogP contribution in [0, 0.1) is 5.92 Å². The van der Waals surface area contributed by atoms with Crippen molar-refractivity contribution in [2.24, 2.45) is 5.92 Å². The summed E-state index contributed by atoms with van der Waals surface area (Å²) < 4.78 is 20.8. The van der Waals surface area contributed by atoms with E-state index >= 15 is 0 Å². The van der Waals surface area contributed by atoms with E-state index in [2.05, 4.69) is 5.32 Å². The molecule has 0 saturated carbocycles. The largest absolute Gasteiger partial charge is 0.493 e. The highest BCUT2D eigenvalue weighted by Crippen LogP contribution is 2.42. The van der Waals surface area contributed by atoms with Gasteiger partial charge < -0.3 is 29.2 Å². The lowest BCUT2D eigenvalue weighted by Crippen LogP contribution is -2.36. The molecule has 2 atom stereocenters. The van der Waals surface area contributed by atoms with Crippen LogP contribution in [0.4, 0.5) is 5.69 Å². The molecular weight excluding hydrogens is 464 g/mol. The molecule has 1 aliphatic heterocycles. The number of hydrogen-bond donors (Lipinski definition) is 1. The summed E-state index contributed by atoms with van der Waals surface area (Å²) in [6.45, 7) is 0.150. The lowest BCUT2D eigenvalue weighted by molar-refractivity contribution is -0.141. The van der Waals surface area contributed by atoms with Crippen LogP contribution >= 0.6 is 11.6 Å². The molecule has 0 spiro atoms. The summed E-state index contributed by atoms with van der Waals surface area (Å²) in [6, 6.07) is 9.55. The number of carbonyl (C=O) groups excluding carboxylic acids is 3. The summed E-state index contributed by atoms with van der Waals surface area (Å²) in [5.74, 6) is -0.515. The summed E-state index contributed by atoms with van der Waals surface area (Å²) in [5.41, 5.74) is 1.11. The Kier molecular flexibility index (Phi) is 8.22. The quantitative estimate of drug-likeness (QED) is 0.538. The van der Waals surface area contributed by atoms with E-state index in [1.807, 2.05) is 0 Å². The van der Waals surface area contributed by atoms with Gasteiger partial charge in [-0.1, -0.05) is 29.8 Å². The Labute approximate surface area is 202 Å². The van der Waals surface area contributed by atoms with Crippen molar-refractivity contribution in [2.45, 2.75) is 18.9 Å². The van der Waals surface area contributed by atoms with Crippen molar-refractivity contribution in [1.29, 1.82) is 0 Å². The topological polar surface area (TPSA) is 103 Å². The number of nitrogens with zero attached hydrogens (tertiary/aromatic N) is 1. The van der Waals surface area contributed by atoms with Crippen LogP contribution in [0.1, 0.15) is 24.4 Å². The van der Waals surface area contributed by atoms with Crippen LogP contribution in [0.15, 0.2) is 36.4 Å². The fraction of sp³-hybridized carbons (Fsp3) is 0.375. The molecule has 0 aliphatic carbocycles. The van der Waals surface area contributed by atoms with Gasteiger partial charge in [-0.25, -0.2) is 0 Å². The smallest absolute Gasteiger partial charge is 0.307 e. The molecule has 1 saturated heterocycles. The number of anilines is 1. The average molecular weight is 491 g/mol. The molecule has 2 amide bonds. The highest BCUT2D eigenvalue weighted by molar-refractivity contribution is 6.31. The van der Waals surface area contributed by atoms with E-state index in [1.165, 1.54) is 33.3 Å². The van der Waals surface area contributed by atoms with Gasteiger partial charge in [0, 0.05) is 30.1 Å². The molecule has 182 valence electrons. The first-order valence-corrected chi connectivity index (χ1v) is 10.9. The first kappa shape index (κ1) is 25.2. The zero-order valence-corrected chi connectivity index (χ0v) is 20.2. The molecule has 1 heterocycles. The van der Waals surface area contributed by atoms with Crippen molar-refractivity contribution in [3.63, 3.8) is 0 Å². The standard InChI is InChI=1S/C24H27ClN2O7/c1-31-19-10-15(11-20(32-2)23(19)34-4)27-13-14(9-21(27)28)24(30)26-18(12-22(29)33-3)16-7-5-6-8-17(16)25/h5-8,10-11,14,18H,9,12-13H2,1-4H3,(H,26,30). The Morgan fingerprint density at radius 2 is 1.74 bits per heavy atom. The summed E-state index contributed by atoms with van der Waals surface area (Å²) >= 11 is 6.30. The zero-order chi connectivity index (χ0) is 24.8. The van der Waals surface area contributed by atoms with Crippen molar-refractivity contribution < 1.29 is 33.3 Å². The minimum atomic E-state index is -0.695. The average Bonchev–Trinajstić information content (AvgIpc) is 3.24. The summed E-state index contributed by atoms with van der Waals surface area (Å²) in [7, 11) is 5.74. The number of nitrogens with one attached hydrogen (secondary N) is 1. The number of ether oxygens (including phenoxy) is 4. The molecule has 0 aromatic heterocycles. The van der Waals surface area contributed by atoms with Gasteiger partial charge in [-0.3, -0.25) is 14.4 Å². The second-order valence-corrected chi connectivity index (χ2v) is 8.06. The Balaban J connectivity index is 1.81. The maximum atomic E-state index is 13.1. The maximum Gasteiger partial charge on any atom is 0.307 e. The summed E-state index contributed by atoms with van der Waals surface area (Å²) in [4.78, 5) is 39.4. The second-order valence-electron chi connectivity index (χ2n) is 7.65. The monoisotopic (exact) mass is 490 g/mol. The SMILES string of the molecule is COC(=O)CC(NC(=O)C1CC(=O)N(c2cc(OC)c(OC)c(OC)c2)C1)c1ccccc1Cl. The van der Waals surface area contributed by atoms with Gasteiger partial charge in [-0.05, 0) is 11.6 Å². The first-order valence-electron chi connectivity index (χ1n) is 10.5. The van der Waals surface area contributed by atoms with Crippen LogP contribution in [0.25, 0.3) is 0 Å². The zero-order valence-electron chi connectivity index (χ0n) is 19.4. The van der Waals surface area contributed by atoms with Gasteiger partial charge in [0.15, 0.2) is 11.5 Å². The number of amides is 2. The predicted octanol–water partition coefficient (Wildman–Crippen LogP) is 3.14. The molecule has 0 radical (unpaired) electrons. The lowest BCUT2D eigenvalue weighted by atomic mass is 10.0. The van der Waals surface area contributed by atoms with Crippen molar-refractivity contribution in [1.82, 2.24) is 5.32 Å². The van der Waals surface area contributed by atoms with Crippen molar-refractivity contribution in [2.75, 3.05) is 39.9 Å². The minimum absolute atomic E-state index is 0.00988. The van der Waals surface area contributed by atoms with Crippen LogP contribution in [-0.4, -0.2) is 52.8 Å². The maximum absolute atomic E-state index is 13.1. The molecule has 1 N–H and O–H groups in total. The van der Waals surface area contributed by atoms with Crippen LogP contribution < -0.4 is 24.4 Å². The van der Waals surface area contributed by atoms with E-state index in [1.54, 1.807) is 36.4 Å². The van der Waals surface area contributed by atoms with Gasteiger partial charge in [0.25, 0.3) is 0 Å². The van der Waals surface area contributed by atoms with E-state index in [0.717, 1.165) is 0 Å². The fourth-order valence-corrected chi connectivity index (χ4v) is 4.16. The Hall–Kier alpha value is -3.46. The molecule has 9 nitrogen and oxygen atoms in total. The third kappa shape index (κ3) is 5.36. The fourth-order valence-electron chi connectivity index (χ4n) is 3.89. The van der Waals surface area contributed by atoms with E-state index < -0.39 is 17.9 Å². The first-order chi connectivity index (χ1) is 16.3. The number of carbonyl (C=O) groups is 3. The Morgan fingerprint density at radius 1 is 1.09 bits per heavy atom. The van der Waals surface area contributed by atoms with Gasteiger partial charge >= 0.3 is 5.97 Å². The number of methoxy groups -OCH3 is 4. The number of hydrogen-bond acceptors (Lipinski definition) is 7.